The fourth-order valence-corrected chi connectivity index (χ4v) is 2.47. The Kier molecular flexibility index (Phi) is 5.04. The molecule has 0 aliphatic rings. The summed E-state index contributed by atoms with van der Waals surface area (Å²) in [7, 11) is 0. The summed E-state index contributed by atoms with van der Waals surface area (Å²) in [6.45, 7) is 1.73. The molecule has 8 heteroatoms. The van der Waals surface area contributed by atoms with Gasteiger partial charge in [-0.05, 0) is 41.8 Å². The number of hydrogen-bond acceptors (Lipinski definition) is 5. The van der Waals surface area contributed by atoms with Gasteiger partial charge in [-0.2, -0.15) is 10.1 Å². The van der Waals surface area contributed by atoms with Crippen molar-refractivity contribution < 1.29 is 13.9 Å². The fraction of sp³-hybridized carbons (Fsp3) is 0.167. The molecule has 134 valence electrons. The van der Waals surface area contributed by atoms with Gasteiger partial charge < -0.3 is 10.4 Å². The third-order valence-electron chi connectivity index (χ3n) is 3.75. The maximum atomic E-state index is 13.4. The quantitative estimate of drug-likeness (QED) is 0.733. The summed E-state index contributed by atoms with van der Waals surface area (Å²) in [5.41, 5.74) is 1.97. The predicted octanol–water partition coefficient (Wildman–Crippen LogP) is 2.51. The van der Waals surface area contributed by atoms with Crippen molar-refractivity contribution in [2.75, 3.05) is 5.32 Å². The molecule has 6 nitrogen and oxygen atoms in total. The lowest BCUT2D eigenvalue weighted by molar-refractivity contribution is 0.282. The number of anilines is 2. The molecule has 0 amide bonds. The summed E-state index contributed by atoms with van der Waals surface area (Å²) in [5.74, 6) is -1.27. The third kappa shape index (κ3) is 4.09. The van der Waals surface area contributed by atoms with E-state index in [4.69, 9.17) is 0 Å². The van der Waals surface area contributed by atoms with Crippen molar-refractivity contribution in [1.29, 1.82) is 0 Å². The Balaban J connectivity index is 1.97. The lowest BCUT2D eigenvalue weighted by Gasteiger charge is -2.14. The minimum absolute atomic E-state index is 0.0169. The van der Waals surface area contributed by atoms with Gasteiger partial charge in [-0.1, -0.05) is 12.1 Å². The molecular formula is C18H16F2N4O2. The number of rotatable bonds is 5. The molecule has 2 aromatic carbocycles. The molecule has 0 bridgehead atoms. The van der Waals surface area contributed by atoms with Gasteiger partial charge in [0.15, 0.2) is 0 Å². The van der Waals surface area contributed by atoms with Crippen molar-refractivity contribution in [1.82, 2.24) is 14.8 Å². The van der Waals surface area contributed by atoms with Crippen LogP contribution < -0.4 is 10.9 Å². The predicted molar refractivity (Wildman–Crippen MR) is 92.1 cm³/mol. The lowest BCUT2D eigenvalue weighted by atomic mass is 10.1. The number of aliphatic hydroxyl groups excluding tert-OH is 1. The van der Waals surface area contributed by atoms with E-state index in [1.165, 1.54) is 16.8 Å². The van der Waals surface area contributed by atoms with Crippen LogP contribution in [-0.4, -0.2) is 19.9 Å². The molecule has 0 spiro atoms. The molecule has 2 N–H and O–H groups in total. The Morgan fingerprint density at radius 3 is 2.54 bits per heavy atom. The van der Waals surface area contributed by atoms with Crippen LogP contribution >= 0.6 is 0 Å². The third-order valence-corrected chi connectivity index (χ3v) is 3.75. The number of aryl methyl sites for hydroxylation is 1. The summed E-state index contributed by atoms with van der Waals surface area (Å²) in [5, 5.41) is 16.3. The number of nitrogens with zero attached hydrogens (tertiary/aromatic N) is 3. The first kappa shape index (κ1) is 17.7. The molecule has 0 fully saturated rings. The highest BCUT2D eigenvalue weighted by molar-refractivity contribution is 5.59. The van der Waals surface area contributed by atoms with Crippen LogP contribution in [0, 0.1) is 18.6 Å². The Bertz CT molecular complexity index is 984. The monoisotopic (exact) mass is 358 g/mol. The van der Waals surface area contributed by atoms with Crippen molar-refractivity contribution in [3.63, 3.8) is 0 Å². The van der Waals surface area contributed by atoms with Crippen molar-refractivity contribution in [2.24, 2.45) is 0 Å². The van der Waals surface area contributed by atoms with E-state index in [9.17, 15) is 18.7 Å². The van der Waals surface area contributed by atoms with Crippen molar-refractivity contribution in [2.45, 2.75) is 20.1 Å². The van der Waals surface area contributed by atoms with Gasteiger partial charge in [0, 0.05) is 11.8 Å². The molecule has 1 aromatic heterocycles. The molecule has 0 unspecified atom stereocenters. The van der Waals surface area contributed by atoms with Crippen molar-refractivity contribution in [3.8, 4) is 0 Å². The standard InChI is InChI=1S/C18H16F2N4O2/c1-11-2-3-12(10-25)6-16(11)22-18-23-17(26)8-21-24(18)9-13-4-14(19)7-15(20)5-13/h2-8,25H,9-10H2,1H3,(H,22,23,26). The zero-order chi connectivity index (χ0) is 18.7. The van der Waals surface area contributed by atoms with E-state index in [-0.39, 0.29) is 19.1 Å². The van der Waals surface area contributed by atoms with E-state index in [2.05, 4.69) is 15.4 Å². The van der Waals surface area contributed by atoms with Crippen LogP contribution in [0.25, 0.3) is 0 Å². The van der Waals surface area contributed by atoms with Gasteiger partial charge in [-0.15, -0.1) is 0 Å². The topological polar surface area (TPSA) is 80.0 Å². The fourth-order valence-electron chi connectivity index (χ4n) is 2.47. The van der Waals surface area contributed by atoms with Crippen LogP contribution in [-0.2, 0) is 13.2 Å². The van der Waals surface area contributed by atoms with Gasteiger partial charge in [-0.25, -0.2) is 13.5 Å². The molecule has 3 aromatic rings. The summed E-state index contributed by atoms with van der Waals surface area (Å²) in [6, 6.07) is 8.47. The maximum Gasteiger partial charge on any atom is 0.293 e. The van der Waals surface area contributed by atoms with E-state index in [0.29, 0.717) is 16.8 Å². The number of aromatic nitrogens is 3. The van der Waals surface area contributed by atoms with E-state index < -0.39 is 17.2 Å². The first-order valence-corrected chi connectivity index (χ1v) is 7.81. The summed E-state index contributed by atoms with van der Waals surface area (Å²) < 4.78 is 28.1. The molecule has 3 rings (SSSR count). The van der Waals surface area contributed by atoms with Gasteiger partial charge >= 0.3 is 0 Å². The number of halogens is 2. The summed E-state index contributed by atoms with van der Waals surface area (Å²) in [4.78, 5) is 15.5. The van der Waals surface area contributed by atoms with Gasteiger partial charge in [0.25, 0.3) is 5.56 Å². The summed E-state index contributed by atoms with van der Waals surface area (Å²) >= 11 is 0. The van der Waals surface area contributed by atoms with E-state index in [1.807, 2.05) is 13.0 Å². The average Bonchev–Trinajstić information content (AvgIpc) is 2.58. The second kappa shape index (κ2) is 7.40. The Labute approximate surface area is 147 Å². The second-order valence-corrected chi connectivity index (χ2v) is 5.79. The molecule has 0 aliphatic heterocycles. The van der Waals surface area contributed by atoms with Crippen molar-refractivity contribution in [3.05, 3.63) is 81.3 Å². The van der Waals surface area contributed by atoms with Crippen molar-refractivity contribution >= 4 is 11.6 Å². The average molecular weight is 358 g/mol. The van der Waals surface area contributed by atoms with Gasteiger partial charge in [0.2, 0.25) is 5.95 Å². The molecule has 26 heavy (non-hydrogen) atoms. The van der Waals surface area contributed by atoms with Gasteiger partial charge in [-0.3, -0.25) is 4.79 Å². The molecule has 0 saturated carbocycles. The van der Waals surface area contributed by atoms with Crippen LogP contribution in [0.15, 0.2) is 47.4 Å². The van der Waals surface area contributed by atoms with Crippen LogP contribution in [0.3, 0.4) is 0 Å². The highest BCUT2D eigenvalue weighted by Gasteiger charge is 2.10. The zero-order valence-corrected chi connectivity index (χ0v) is 13.9. The molecule has 0 aliphatic carbocycles. The normalized spacial score (nSPS) is 10.8. The lowest BCUT2D eigenvalue weighted by Crippen LogP contribution is -2.19. The first-order chi connectivity index (χ1) is 12.4. The largest absolute Gasteiger partial charge is 0.392 e. The summed E-state index contributed by atoms with van der Waals surface area (Å²) in [6.07, 6.45) is 1.03. The maximum absolute atomic E-state index is 13.4. The zero-order valence-electron chi connectivity index (χ0n) is 13.9. The molecule has 0 radical (unpaired) electrons. The van der Waals surface area contributed by atoms with Crippen LogP contribution in [0.5, 0.6) is 0 Å². The Morgan fingerprint density at radius 1 is 1.12 bits per heavy atom. The highest BCUT2D eigenvalue weighted by Crippen LogP contribution is 2.21. The number of nitrogens with one attached hydrogen (secondary N) is 1. The van der Waals surface area contributed by atoms with E-state index in [0.717, 1.165) is 17.8 Å². The number of benzene rings is 2. The highest BCUT2D eigenvalue weighted by atomic mass is 19.1. The smallest absolute Gasteiger partial charge is 0.293 e. The molecular weight excluding hydrogens is 342 g/mol. The minimum Gasteiger partial charge on any atom is -0.392 e. The van der Waals surface area contributed by atoms with Crippen LogP contribution in [0.2, 0.25) is 0 Å². The number of hydrogen-bond donors (Lipinski definition) is 2. The first-order valence-electron chi connectivity index (χ1n) is 7.81. The Morgan fingerprint density at radius 2 is 1.85 bits per heavy atom. The van der Waals surface area contributed by atoms with E-state index in [1.54, 1.807) is 12.1 Å². The van der Waals surface area contributed by atoms with E-state index >= 15 is 0 Å². The molecule has 0 atom stereocenters. The van der Waals surface area contributed by atoms with Crippen LogP contribution in [0.4, 0.5) is 20.4 Å². The van der Waals surface area contributed by atoms with Crippen LogP contribution in [0.1, 0.15) is 16.7 Å². The SMILES string of the molecule is Cc1ccc(CO)cc1Nc1nc(=O)cnn1Cc1cc(F)cc(F)c1. The van der Waals surface area contributed by atoms with Gasteiger partial charge in [0.1, 0.15) is 17.8 Å². The molecule has 1 heterocycles. The Hall–Kier alpha value is -3.13. The molecule has 0 saturated heterocycles. The second-order valence-electron chi connectivity index (χ2n) is 5.79. The minimum atomic E-state index is -0.699. The van der Waals surface area contributed by atoms with Gasteiger partial charge in [0.05, 0.1) is 13.2 Å². The number of aliphatic hydroxyl groups is 1.